The highest BCUT2D eigenvalue weighted by atomic mass is 35.5. The highest BCUT2D eigenvalue weighted by molar-refractivity contribution is 6.36. The third-order valence-electron chi connectivity index (χ3n) is 7.92. The quantitative estimate of drug-likeness (QED) is 0.601. The molecular weight excluding hydrogens is 497 g/mol. The highest BCUT2D eigenvalue weighted by Crippen LogP contribution is 2.36. The Balaban J connectivity index is 1.26. The van der Waals surface area contributed by atoms with Crippen molar-refractivity contribution in [1.29, 1.82) is 0 Å². The average molecular weight is 530 g/mol. The second-order valence-electron chi connectivity index (χ2n) is 10.2. The molecule has 0 spiro atoms. The molecule has 6 nitrogen and oxygen atoms in total. The van der Waals surface area contributed by atoms with E-state index in [9.17, 15) is 14.7 Å². The van der Waals surface area contributed by atoms with Crippen LogP contribution >= 0.6 is 23.2 Å². The molecule has 2 amide bonds. The van der Waals surface area contributed by atoms with Crippen molar-refractivity contribution in [3.63, 3.8) is 0 Å². The number of amides is 2. The van der Waals surface area contributed by atoms with Gasteiger partial charge in [-0.15, -0.1) is 0 Å². The van der Waals surface area contributed by atoms with Gasteiger partial charge in [0.05, 0.1) is 6.10 Å². The molecular formula is C28H33Cl2N3O3. The number of nitrogens with zero attached hydrogens (tertiary/aromatic N) is 2. The Morgan fingerprint density at radius 1 is 0.917 bits per heavy atom. The third kappa shape index (κ3) is 5.42. The Hall–Kier alpha value is -2.12. The number of rotatable bonds is 5. The largest absolute Gasteiger partial charge is 0.393 e. The van der Waals surface area contributed by atoms with Crippen LogP contribution in [0.1, 0.15) is 48.0 Å². The molecule has 1 aliphatic carbocycles. The van der Waals surface area contributed by atoms with Gasteiger partial charge in [0.15, 0.2) is 0 Å². The molecule has 0 bridgehead atoms. The summed E-state index contributed by atoms with van der Waals surface area (Å²) in [7, 11) is 0. The summed E-state index contributed by atoms with van der Waals surface area (Å²) in [6, 6.07) is 11.6. The minimum atomic E-state index is -0.227. The molecule has 0 radical (unpaired) electrons. The van der Waals surface area contributed by atoms with Gasteiger partial charge < -0.3 is 20.2 Å². The first kappa shape index (κ1) is 25.5. The predicted octanol–water partition coefficient (Wildman–Crippen LogP) is 4.40. The zero-order valence-corrected chi connectivity index (χ0v) is 21.9. The first-order valence-electron chi connectivity index (χ1n) is 13.0. The summed E-state index contributed by atoms with van der Waals surface area (Å²) < 4.78 is 0. The topological polar surface area (TPSA) is 72.9 Å². The van der Waals surface area contributed by atoms with E-state index in [4.69, 9.17) is 23.2 Å². The fourth-order valence-electron chi connectivity index (χ4n) is 5.75. The van der Waals surface area contributed by atoms with Gasteiger partial charge in [0.1, 0.15) is 0 Å². The molecule has 0 unspecified atom stereocenters. The van der Waals surface area contributed by atoms with Crippen molar-refractivity contribution in [2.24, 2.45) is 5.92 Å². The van der Waals surface area contributed by atoms with Crippen LogP contribution in [0.25, 0.3) is 11.1 Å². The molecule has 2 aliphatic heterocycles. The van der Waals surface area contributed by atoms with Crippen molar-refractivity contribution in [3.8, 4) is 11.1 Å². The third-order valence-corrected chi connectivity index (χ3v) is 8.59. The summed E-state index contributed by atoms with van der Waals surface area (Å²) in [5.41, 5.74) is 3.30. The number of hydrogen-bond donors (Lipinski definition) is 2. The van der Waals surface area contributed by atoms with Crippen molar-refractivity contribution in [2.45, 2.75) is 50.7 Å². The van der Waals surface area contributed by atoms with Gasteiger partial charge in [0.25, 0.3) is 5.91 Å². The number of piperazine rings is 1. The van der Waals surface area contributed by atoms with Crippen LogP contribution < -0.4 is 5.32 Å². The summed E-state index contributed by atoms with van der Waals surface area (Å²) in [5, 5.41) is 14.2. The van der Waals surface area contributed by atoms with Gasteiger partial charge in [-0.1, -0.05) is 35.3 Å². The predicted molar refractivity (Wildman–Crippen MR) is 142 cm³/mol. The maximum absolute atomic E-state index is 13.1. The molecule has 1 atom stereocenters. The number of carbonyl (C=O) groups excluding carboxylic acids is 2. The molecule has 0 aromatic heterocycles. The first-order chi connectivity index (χ1) is 17.4. The number of nitrogens with one attached hydrogen (secondary N) is 1. The fourth-order valence-corrected chi connectivity index (χ4v) is 6.39. The van der Waals surface area contributed by atoms with Gasteiger partial charge in [-0.2, -0.15) is 0 Å². The van der Waals surface area contributed by atoms with Crippen LogP contribution in [0.3, 0.4) is 0 Å². The number of aliphatic hydroxyl groups is 1. The second kappa shape index (κ2) is 11.1. The van der Waals surface area contributed by atoms with Crippen LogP contribution in [0.15, 0.2) is 36.4 Å². The van der Waals surface area contributed by atoms with Gasteiger partial charge in [0.2, 0.25) is 5.91 Å². The standard InChI is InChI=1S/C28H33Cl2N3O3/c29-25-16-21(18-1-3-19(4-2-18)27(35)32-13-10-31-11-14-32)17-26(30)24(25)15-20-9-12-33(28(20)36)22-5-7-23(34)8-6-22/h1-4,16-17,20,22-23,31,34H,5-15H2/t20-,22?,23?/m0/s1. The lowest BCUT2D eigenvalue weighted by Gasteiger charge is -2.33. The summed E-state index contributed by atoms with van der Waals surface area (Å²) in [4.78, 5) is 29.8. The van der Waals surface area contributed by atoms with Crippen molar-refractivity contribution in [1.82, 2.24) is 15.1 Å². The van der Waals surface area contributed by atoms with E-state index in [2.05, 4.69) is 5.32 Å². The molecule has 2 aromatic rings. The highest BCUT2D eigenvalue weighted by Gasteiger charge is 2.37. The van der Waals surface area contributed by atoms with E-state index in [0.717, 1.165) is 81.5 Å². The molecule has 2 saturated heterocycles. The monoisotopic (exact) mass is 529 g/mol. The summed E-state index contributed by atoms with van der Waals surface area (Å²) in [6.45, 7) is 3.85. The Bertz CT molecular complexity index is 1090. The summed E-state index contributed by atoms with van der Waals surface area (Å²) in [5.74, 6) is 0.111. The number of aliphatic hydroxyl groups excluding tert-OH is 1. The molecule has 192 valence electrons. The van der Waals surface area contributed by atoms with Gasteiger partial charge in [-0.05, 0) is 79.5 Å². The van der Waals surface area contributed by atoms with Crippen LogP contribution in [0.4, 0.5) is 0 Å². The van der Waals surface area contributed by atoms with Crippen molar-refractivity contribution >= 4 is 35.0 Å². The normalized spacial score (nSPS) is 24.9. The zero-order valence-electron chi connectivity index (χ0n) is 20.4. The number of benzene rings is 2. The number of carbonyl (C=O) groups is 2. The molecule has 2 aromatic carbocycles. The SMILES string of the molecule is O=C(c1ccc(-c2cc(Cl)c(C[C@@H]3CCN(C4CCC(O)CC4)C3=O)c(Cl)c2)cc1)N1CCNCC1. The van der Waals surface area contributed by atoms with Crippen molar-refractivity contribution in [3.05, 3.63) is 57.6 Å². The molecule has 5 rings (SSSR count). The van der Waals surface area contributed by atoms with Gasteiger partial charge in [-0.25, -0.2) is 0 Å². The van der Waals surface area contributed by atoms with Gasteiger partial charge in [-0.3, -0.25) is 9.59 Å². The van der Waals surface area contributed by atoms with E-state index < -0.39 is 0 Å². The molecule has 2 heterocycles. The van der Waals surface area contributed by atoms with Crippen LogP contribution in [0.2, 0.25) is 10.0 Å². The Morgan fingerprint density at radius 2 is 1.56 bits per heavy atom. The molecule has 2 N–H and O–H groups in total. The molecule has 3 aliphatic rings. The maximum Gasteiger partial charge on any atom is 0.253 e. The number of likely N-dealkylation sites (tertiary alicyclic amines) is 1. The average Bonchev–Trinajstić information content (AvgIpc) is 3.26. The van der Waals surface area contributed by atoms with E-state index in [0.29, 0.717) is 22.0 Å². The first-order valence-corrected chi connectivity index (χ1v) is 13.7. The minimum Gasteiger partial charge on any atom is -0.393 e. The maximum atomic E-state index is 13.1. The van der Waals surface area contributed by atoms with Crippen LogP contribution in [-0.4, -0.2) is 71.6 Å². The summed E-state index contributed by atoms with van der Waals surface area (Å²) in [6.07, 6.45) is 4.38. The fraction of sp³-hybridized carbons (Fsp3) is 0.500. The smallest absolute Gasteiger partial charge is 0.253 e. The van der Waals surface area contributed by atoms with E-state index in [1.54, 1.807) is 0 Å². The molecule has 36 heavy (non-hydrogen) atoms. The second-order valence-corrected chi connectivity index (χ2v) is 11.0. The lowest BCUT2D eigenvalue weighted by atomic mass is 9.92. The Kier molecular flexibility index (Phi) is 7.87. The van der Waals surface area contributed by atoms with Gasteiger partial charge in [0, 0.05) is 60.3 Å². The Morgan fingerprint density at radius 3 is 2.19 bits per heavy atom. The molecule has 3 fully saturated rings. The minimum absolute atomic E-state index is 0.0501. The molecule has 1 saturated carbocycles. The lowest BCUT2D eigenvalue weighted by molar-refractivity contribution is -0.133. The number of halogens is 2. The van der Waals surface area contributed by atoms with Crippen LogP contribution in [0, 0.1) is 5.92 Å². The van der Waals surface area contributed by atoms with E-state index >= 15 is 0 Å². The van der Waals surface area contributed by atoms with E-state index in [1.807, 2.05) is 46.2 Å². The molecule has 8 heteroatoms. The van der Waals surface area contributed by atoms with Crippen molar-refractivity contribution in [2.75, 3.05) is 32.7 Å². The van der Waals surface area contributed by atoms with Crippen LogP contribution in [0.5, 0.6) is 0 Å². The van der Waals surface area contributed by atoms with Crippen LogP contribution in [-0.2, 0) is 11.2 Å². The Labute approximate surface area is 222 Å². The van der Waals surface area contributed by atoms with E-state index in [-0.39, 0.29) is 29.9 Å². The van der Waals surface area contributed by atoms with E-state index in [1.165, 1.54) is 0 Å². The lowest BCUT2D eigenvalue weighted by Crippen LogP contribution is -2.46. The zero-order chi connectivity index (χ0) is 25.2. The summed E-state index contributed by atoms with van der Waals surface area (Å²) >= 11 is 13.4. The van der Waals surface area contributed by atoms with Crippen molar-refractivity contribution < 1.29 is 14.7 Å². The number of hydrogen-bond acceptors (Lipinski definition) is 4. The van der Waals surface area contributed by atoms with Gasteiger partial charge >= 0.3 is 0 Å².